The van der Waals surface area contributed by atoms with Crippen LogP contribution in [0.2, 0.25) is 0 Å². The van der Waals surface area contributed by atoms with Gasteiger partial charge in [0.1, 0.15) is 5.75 Å². The fourth-order valence-electron chi connectivity index (χ4n) is 2.67. The van der Waals surface area contributed by atoms with E-state index in [9.17, 15) is 4.57 Å². The minimum atomic E-state index is -4.45. The number of aryl methyl sites for hydroxylation is 1. The van der Waals surface area contributed by atoms with Gasteiger partial charge in [-0.3, -0.25) is 9.79 Å². The normalized spacial score (nSPS) is 11.1. The maximum atomic E-state index is 10.7. The summed E-state index contributed by atoms with van der Waals surface area (Å²) in [5, 5.41) is 0. The summed E-state index contributed by atoms with van der Waals surface area (Å²) in [7, 11) is -4.45. The Labute approximate surface area is 168 Å². The van der Waals surface area contributed by atoms with E-state index in [1.165, 1.54) is 63.4 Å². The van der Waals surface area contributed by atoms with Crippen molar-refractivity contribution in [3.05, 3.63) is 29.8 Å². The predicted molar refractivity (Wildman–Crippen MR) is 102 cm³/mol. The Bertz CT molecular complexity index is 459. The van der Waals surface area contributed by atoms with Gasteiger partial charge in [-0.1, -0.05) is 76.8 Å². The van der Waals surface area contributed by atoms with Crippen LogP contribution in [0.4, 0.5) is 0 Å². The zero-order valence-corrected chi connectivity index (χ0v) is 15.1. The molecule has 0 unspecified atom stereocenters. The van der Waals surface area contributed by atoms with Gasteiger partial charge in [-0.2, -0.15) is 0 Å². The van der Waals surface area contributed by atoms with Crippen LogP contribution in [0.1, 0.15) is 76.7 Å². The third-order valence-electron chi connectivity index (χ3n) is 3.97. The van der Waals surface area contributed by atoms with Crippen LogP contribution in [0.5, 0.6) is 5.75 Å². The van der Waals surface area contributed by atoms with Crippen LogP contribution in [0.15, 0.2) is 24.3 Å². The molecule has 1 rings (SSSR count). The van der Waals surface area contributed by atoms with E-state index in [4.69, 9.17) is 9.79 Å². The molecule has 6 heteroatoms. The summed E-state index contributed by atoms with van der Waals surface area (Å²) in [5.74, 6) is 0.213. The third-order valence-corrected chi connectivity index (χ3v) is 4.42. The quantitative estimate of drug-likeness (QED) is 0.294. The van der Waals surface area contributed by atoms with Crippen LogP contribution in [0.3, 0.4) is 0 Å². The molecule has 0 saturated heterocycles. The second-order valence-electron chi connectivity index (χ2n) is 6.16. The Morgan fingerprint density at radius 2 is 1.29 bits per heavy atom. The third kappa shape index (κ3) is 13.5. The first-order valence-corrected chi connectivity index (χ1v) is 10.4. The summed E-state index contributed by atoms with van der Waals surface area (Å²) in [5.41, 5.74) is 1.18. The van der Waals surface area contributed by atoms with Gasteiger partial charge in [0.05, 0.1) is 0 Å². The van der Waals surface area contributed by atoms with Gasteiger partial charge in [0.15, 0.2) is 0 Å². The summed E-state index contributed by atoms with van der Waals surface area (Å²) >= 11 is 0. The molecule has 0 radical (unpaired) electrons. The van der Waals surface area contributed by atoms with Crippen molar-refractivity contribution in [1.29, 1.82) is 0 Å². The summed E-state index contributed by atoms with van der Waals surface area (Å²) < 4.78 is 15.3. The number of benzene rings is 1. The molecule has 0 fully saturated rings. The number of hydrogen-bond donors (Lipinski definition) is 2. The standard InChI is InChI=1S/C18H31O4P.Na.H/c1-2-3-4-5-6-7-8-9-10-11-12-17-13-15-18(16-14-17)22-23(19,20)21;;/h13-16H,2-12H2,1H3,(H2,19,20,21);;. The second-order valence-corrected chi connectivity index (χ2v) is 7.32. The molecule has 0 saturated carbocycles. The molecule has 0 aromatic heterocycles. The number of unbranched alkanes of at least 4 members (excludes halogenated alkanes) is 9. The maximum absolute atomic E-state index is 10.7. The average Bonchev–Trinajstić information content (AvgIpc) is 2.49. The van der Waals surface area contributed by atoms with Gasteiger partial charge in [0.25, 0.3) is 0 Å². The molecule has 0 aliphatic rings. The van der Waals surface area contributed by atoms with Gasteiger partial charge in [-0.05, 0) is 30.5 Å². The summed E-state index contributed by atoms with van der Waals surface area (Å²) in [6.45, 7) is 2.25. The van der Waals surface area contributed by atoms with E-state index in [0.717, 1.165) is 12.8 Å². The molecule has 24 heavy (non-hydrogen) atoms. The monoisotopic (exact) mass is 366 g/mol. The van der Waals surface area contributed by atoms with Crippen molar-refractivity contribution in [3.63, 3.8) is 0 Å². The van der Waals surface area contributed by atoms with Gasteiger partial charge in [-0.15, -0.1) is 0 Å². The van der Waals surface area contributed by atoms with Crippen LogP contribution in [-0.4, -0.2) is 39.3 Å². The topological polar surface area (TPSA) is 66.8 Å². The van der Waals surface area contributed by atoms with E-state index in [1.807, 2.05) is 12.1 Å². The first kappa shape index (κ1) is 24.2. The van der Waals surface area contributed by atoms with E-state index in [2.05, 4.69) is 11.4 Å². The van der Waals surface area contributed by atoms with Crippen molar-refractivity contribution in [3.8, 4) is 5.75 Å². The molecule has 0 amide bonds. The van der Waals surface area contributed by atoms with Gasteiger partial charge < -0.3 is 4.52 Å². The Balaban J connectivity index is 0.00000529. The Kier molecular flexibility index (Phi) is 14.5. The molecule has 0 heterocycles. The van der Waals surface area contributed by atoms with Gasteiger partial charge in [0.2, 0.25) is 0 Å². The van der Waals surface area contributed by atoms with Crippen LogP contribution in [0, 0.1) is 0 Å². The number of phosphoric acid groups is 1. The van der Waals surface area contributed by atoms with Crippen molar-refractivity contribution < 1.29 is 18.9 Å². The molecule has 0 bridgehead atoms. The van der Waals surface area contributed by atoms with Crippen LogP contribution >= 0.6 is 7.82 Å². The molecule has 0 spiro atoms. The molecule has 0 atom stereocenters. The number of rotatable bonds is 13. The van der Waals surface area contributed by atoms with Crippen molar-refractivity contribution in [2.24, 2.45) is 0 Å². The zero-order valence-electron chi connectivity index (χ0n) is 14.2. The van der Waals surface area contributed by atoms with E-state index < -0.39 is 7.82 Å². The molecule has 2 N–H and O–H groups in total. The fourth-order valence-corrected chi connectivity index (χ4v) is 3.07. The van der Waals surface area contributed by atoms with Crippen LogP contribution in [-0.2, 0) is 11.0 Å². The fraction of sp³-hybridized carbons (Fsp3) is 0.667. The molecule has 1 aromatic carbocycles. The first-order valence-electron chi connectivity index (χ1n) is 8.85. The van der Waals surface area contributed by atoms with Crippen LogP contribution < -0.4 is 4.52 Å². The Morgan fingerprint density at radius 3 is 1.75 bits per heavy atom. The molecule has 134 valence electrons. The predicted octanol–water partition coefficient (Wildman–Crippen LogP) is 4.97. The zero-order chi connectivity index (χ0) is 17.0. The van der Waals surface area contributed by atoms with Crippen LogP contribution in [0.25, 0.3) is 0 Å². The van der Waals surface area contributed by atoms with E-state index in [-0.39, 0.29) is 35.3 Å². The Morgan fingerprint density at radius 1 is 0.833 bits per heavy atom. The molecular weight excluding hydrogens is 334 g/mol. The van der Waals surface area contributed by atoms with Crippen molar-refractivity contribution in [2.75, 3.05) is 0 Å². The molecular formula is C18H32NaO4P. The van der Waals surface area contributed by atoms with Crippen molar-refractivity contribution in [2.45, 2.75) is 77.6 Å². The first-order chi connectivity index (χ1) is 11.0. The SMILES string of the molecule is CCCCCCCCCCCCc1ccc(OP(=O)(O)O)cc1.[NaH]. The summed E-state index contributed by atoms with van der Waals surface area (Å²) in [4.78, 5) is 17.5. The number of phosphoric ester groups is 1. The molecule has 1 aromatic rings. The molecule has 0 aliphatic carbocycles. The van der Waals surface area contributed by atoms with Gasteiger partial charge in [-0.25, -0.2) is 4.57 Å². The average molecular weight is 366 g/mol. The number of hydrogen-bond acceptors (Lipinski definition) is 2. The van der Waals surface area contributed by atoms with E-state index >= 15 is 0 Å². The molecule has 0 aliphatic heterocycles. The van der Waals surface area contributed by atoms with Crippen molar-refractivity contribution in [1.82, 2.24) is 0 Å². The van der Waals surface area contributed by atoms with Crippen molar-refractivity contribution >= 4 is 37.4 Å². The molecule has 4 nitrogen and oxygen atoms in total. The van der Waals surface area contributed by atoms with E-state index in [1.54, 1.807) is 12.1 Å². The minimum absolute atomic E-state index is 0. The summed E-state index contributed by atoms with van der Waals surface area (Å²) in [6, 6.07) is 6.98. The summed E-state index contributed by atoms with van der Waals surface area (Å²) in [6.07, 6.45) is 14.2. The second kappa shape index (κ2) is 14.4. The van der Waals surface area contributed by atoms with Gasteiger partial charge in [0, 0.05) is 0 Å². The van der Waals surface area contributed by atoms with Gasteiger partial charge >= 0.3 is 37.4 Å². The van der Waals surface area contributed by atoms with E-state index in [0.29, 0.717) is 0 Å². The Hall–Kier alpha value is 0.170.